The van der Waals surface area contributed by atoms with Gasteiger partial charge in [-0.2, -0.15) is 0 Å². The molecule has 0 bridgehead atoms. The molecule has 20 heavy (non-hydrogen) atoms. The molecule has 2 rings (SSSR count). The van der Waals surface area contributed by atoms with Crippen molar-refractivity contribution in [2.45, 2.75) is 19.4 Å². The van der Waals surface area contributed by atoms with E-state index in [1.54, 1.807) is 23.1 Å². The van der Waals surface area contributed by atoms with Crippen LogP contribution < -0.4 is 4.74 Å². The minimum Gasteiger partial charge on any atom is -0.482 e. The number of aliphatic hydroxyl groups excluding tert-OH is 1. The third-order valence-corrected chi connectivity index (χ3v) is 4.31. The molecule has 2 unspecified atom stereocenters. The Morgan fingerprint density at radius 2 is 2.35 bits per heavy atom. The van der Waals surface area contributed by atoms with Crippen LogP contribution in [-0.4, -0.2) is 41.7 Å². The number of rotatable bonds is 3. The molecule has 0 aromatic heterocycles. The van der Waals surface area contributed by atoms with Crippen molar-refractivity contribution in [1.82, 2.24) is 4.90 Å². The van der Waals surface area contributed by atoms with Gasteiger partial charge in [0.1, 0.15) is 5.75 Å². The number of halogens is 2. The first-order valence-corrected chi connectivity index (χ1v) is 7.68. The molecular weight excluding hydrogens is 346 g/mol. The second-order valence-electron chi connectivity index (χ2n) is 5.04. The van der Waals surface area contributed by atoms with E-state index in [-0.39, 0.29) is 18.4 Å². The first-order chi connectivity index (χ1) is 9.47. The van der Waals surface area contributed by atoms with Crippen LogP contribution in [0.25, 0.3) is 0 Å². The van der Waals surface area contributed by atoms with Crippen LogP contribution in [0.3, 0.4) is 0 Å². The Bertz CT molecular complexity index is 497. The number of carbonyl (C=O) groups is 1. The zero-order chi connectivity index (χ0) is 14.7. The third kappa shape index (κ3) is 3.87. The van der Waals surface area contributed by atoms with Crippen molar-refractivity contribution in [3.05, 3.63) is 27.7 Å². The molecule has 2 atom stereocenters. The van der Waals surface area contributed by atoms with E-state index in [0.29, 0.717) is 23.9 Å². The summed E-state index contributed by atoms with van der Waals surface area (Å²) in [5.41, 5.74) is 0. The molecule has 6 heteroatoms. The number of ether oxygens (including phenoxy) is 1. The van der Waals surface area contributed by atoms with E-state index >= 15 is 0 Å². The quantitative estimate of drug-likeness (QED) is 0.899. The second kappa shape index (κ2) is 6.78. The van der Waals surface area contributed by atoms with E-state index in [0.717, 1.165) is 10.9 Å². The highest BCUT2D eigenvalue weighted by molar-refractivity contribution is 9.10. The lowest BCUT2D eigenvalue weighted by Crippen LogP contribution is -2.47. The lowest BCUT2D eigenvalue weighted by atomic mass is 9.96. The molecule has 0 radical (unpaired) electrons. The van der Waals surface area contributed by atoms with Crippen LogP contribution in [0, 0.1) is 5.92 Å². The van der Waals surface area contributed by atoms with Crippen molar-refractivity contribution in [1.29, 1.82) is 0 Å². The zero-order valence-electron chi connectivity index (χ0n) is 11.2. The number of aliphatic hydroxyl groups is 1. The molecule has 1 aromatic rings. The van der Waals surface area contributed by atoms with Gasteiger partial charge in [0.05, 0.1) is 11.1 Å². The minimum atomic E-state index is -0.455. The van der Waals surface area contributed by atoms with Crippen LogP contribution in [0.2, 0.25) is 5.02 Å². The third-order valence-electron chi connectivity index (χ3n) is 3.52. The Morgan fingerprint density at radius 1 is 1.60 bits per heavy atom. The number of β-amino-alcohol motifs (C(OH)–C–C–N with tert-alkyl or cyclic N) is 1. The van der Waals surface area contributed by atoms with Crippen LogP contribution in [0.15, 0.2) is 22.7 Å². The first-order valence-electron chi connectivity index (χ1n) is 6.51. The molecule has 0 saturated carbocycles. The maximum atomic E-state index is 12.0. The average Bonchev–Trinajstić information content (AvgIpc) is 2.40. The summed E-state index contributed by atoms with van der Waals surface area (Å²) in [5, 5.41) is 10.3. The van der Waals surface area contributed by atoms with Gasteiger partial charge in [0, 0.05) is 17.6 Å². The smallest absolute Gasteiger partial charge is 0.260 e. The van der Waals surface area contributed by atoms with Gasteiger partial charge >= 0.3 is 0 Å². The van der Waals surface area contributed by atoms with E-state index < -0.39 is 6.10 Å². The number of hydrogen-bond donors (Lipinski definition) is 1. The molecular formula is C14H17BrClNO3. The Balaban J connectivity index is 1.89. The predicted molar refractivity (Wildman–Crippen MR) is 81.0 cm³/mol. The number of benzene rings is 1. The van der Waals surface area contributed by atoms with Gasteiger partial charge in [-0.15, -0.1) is 0 Å². The van der Waals surface area contributed by atoms with Crippen LogP contribution >= 0.6 is 27.5 Å². The number of nitrogens with zero attached hydrogens (tertiary/aromatic N) is 1. The highest BCUT2D eigenvalue weighted by atomic mass is 79.9. The lowest BCUT2D eigenvalue weighted by molar-refractivity contribution is -0.137. The zero-order valence-corrected chi connectivity index (χ0v) is 13.5. The van der Waals surface area contributed by atoms with Gasteiger partial charge in [-0.25, -0.2) is 0 Å². The summed E-state index contributed by atoms with van der Waals surface area (Å²) in [5.74, 6) is 0.588. The molecule has 110 valence electrons. The van der Waals surface area contributed by atoms with Crippen molar-refractivity contribution in [2.75, 3.05) is 19.7 Å². The van der Waals surface area contributed by atoms with Crippen molar-refractivity contribution in [2.24, 2.45) is 5.92 Å². The van der Waals surface area contributed by atoms with E-state index in [9.17, 15) is 9.90 Å². The van der Waals surface area contributed by atoms with Gasteiger partial charge in [-0.3, -0.25) is 4.79 Å². The summed E-state index contributed by atoms with van der Waals surface area (Å²) in [7, 11) is 0. The summed E-state index contributed by atoms with van der Waals surface area (Å²) in [6.07, 6.45) is 0.357. The van der Waals surface area contributed by atoms with E-state index in [1.807, 2.05) is 6.92 Å². The number of amides is 1. The molecule has 1 heterocycles. The van der Waals surface area contributed by atoms with Crippen molar-refractivity contribution < 1.29 is 14.6 Å². The maximum absolute atomic E-state index is 12.0. The number of likely N-dealkylation sites (tertiary alicyclic amines) is 1. The largest absolute Gasteiger partial charge is 0.482 e. The fraction of sp³-hybridized carbons (Fsp3) is 0.500. The molecule has 1 aliphatic heterocycles. The van der Waals surface area contributed by atoms with E-state index in [1.165, 1.54) is 0 Å². The molecule has 0 spiro atoms. The first kappa shape index (κ1) is 15.6. The molecule has 1 saturated heterocycles. The number of piperidine rings is 1. The van der Waals surface area contributed by atoms with Gasteiger partial charge in [0.2, 0.25) is 0 Å². The summed E-state index contributed by atoms with van der Waals surface area (Å²) >= 11 is 9.33. The van der Waals surface area contributed by atoms with Gasteiger partial charge in [0.15, 0.2) is 6.61 Å². The van der Waals surface area contributed by atoms with Crippen LogP contribution in [0.1, 0.15) is 13.3 Å². The Morgan fingerprint density at radius 3 is 3.00 bits per heavy atom. The second-order valence-corrected chi connectivity index (χ2v) is 6.36. The molecule has 1 aliphatic rings. The van der Waals surface area contributed by atoms with Crippen molar-refractivity contribution in [3.63, 3.8) is 0 Å². The lowest BCUT2D eigenvalue weighted by Gasteiger charge is -2.34. The van der Waals surface area contributed by atoms with Gasteiger partial charge in [0.25, 0.3) is 5.91 Å². The fourth-order valence-electron chi connectivity index (χ4n) is 2.10. The van der Waals surface area contributed by atoms with E-state index in [4.69, 9.17) is 16.3 Å². The van der Waals surface area contributed by atoms with Gasteiger partial charge in [-0.05, 0) is 30.5 Å². The van der Waals surface area contributed by atoms with E-state index in [2.05, 4.69) is 15.9 Å². The van der Waals surface area contributed by atoms with Gasteiger partial charge < -0.3 is 14.7 Å². The number of carbonyl (C=O) groups excluding carboxylic acids is 1. The van der Waals surface area contributed by atoms with Crippen LogP contribution in [0.4, 0.5) is 0 Å². The molecule has 1 amide bonds. The van der Waals surface area contributed by atoms with Gasteiger partial charge in [-0.1, -0.05) is 34.5 Å². The highest BCUT2D eigenvalue weighted by Crippen LogP contribution is 2.27. The normalized spacial score (nSPS) is 22.7. The average molecular weight is 363 g/mol. The molecule has 1 fully saturated rings. The van der Waals surface area contributed by atoms with Crippen molar-refractivity contribution >= 4 is 33.4 Å². The minimum absolute atomic E-state index is 0.0670. The molecule has 0 aliphatic carbocycles. The van der Waals surface area contributed by atoms with Crippen LogP contribution in [0.5, 0.6) is 5.75 Å². The number of hydrogen-bond acceptors (Lipinski definition) is 3. The summed E-state index contributed by atoms with van der Waals surface area (Å²) in [6, 6.07) is 5.23. The predicted octanol–water partition coefficient (Wildman–Crippen LogP) is 2.71. The Hall–Kier alpha value is -0.780. The summed E-state index contributed by atoms with van der Waals surface area (Å²) < 4.78 is 6.30. The SMILES string of the molecule is CC1CCN(C(=O)COc2ccc(Br)cc2Cl)CC1O. The molecule has 4 nitrogen and oxygen atoms in total. The summed E-state index contributed by atoms with van der Waals surface area (Å²) in [4.78, 5) is 13.7. The topological polar surface area (TPSA) is 49.8 Å². The molecule has 1 N–H and O–H groups in total. The Labute approximate surface area is 131 Å². The van der Waals surface area contributed by atoms with Crippen LogP contribution in [-0.2, 0) is 4.79 Å². The monoisotopic (exact) mass is 361 g/mol. The molecule has 1 aromatic carbocycles. The summed E-state index contributed by atoms with van der Waals surface area (Å²) in [6.45, 7) is 2.96. The standard InChI is InChI=1S/C14H17BrClNO3/c1-9-4-5-17(7-12(9)18)14(19)8-20-13-3-2-10(15)6-11(13)16/h2-3,6,9,12,18H,4-5,7-8H2,1H3. The maximum Gasteiger partial charge on any atom is 0.260 e. The Kier molecular flexibility index (Phi) is 5.29. The highest BCUT2D eigenvalue weighted by Gasteiger charge is 2.27. The fourth-order valence-corrected chi connectivity index (χ4v) is 2.83. The van der Waals surface area contributed by atoms with Crippen molar-refractivity contribution in [3.8, 4) is 5.75 Å².